The van der Waals surface area contributed by atoms with E-state index in [1.165, 1.54) is 12.8 Å². The molecule has 0 saturated heterocycles. The lowest BCUT2D eigenvalue weighted by Gasteiger charge is -2.30. The molecule has 1 unspecified atom stereocenters. The number of methoxy groups -OCH3 is 1. The molecule has 1 aromatic rings. The maximum atomic E-state index is 11.1. The number of rotatable bonds is 8. The van der Waals surface area contributed by atoms with Gasteiger partial charge < -0.3 is 9.84 Å². The number of benzene rings is 1. The Morgan fingerprint density at radius 3 is 2.63 bits per heavy atom. The van der Waals surface area contributed by atoms with Crippen molar-refractivity contribution in [3.05, 3.63) is 35.9 Å². The first-order chi connectivity index (χ1) is 9.20. The van der Waals surface area contributed by atoms with E-state index < -0.39 is 5.97 Å². The van der Waals surface area contributed by atoms with Crippen LogP contribution in [-0.2, 0) is 9.53 Å². The zero-order valence-corrected chi connectivity index (χ0v) is 11.3. The molecule has 0 radical (unpaired) electrons. The number of hydrogen-bond donors (Lipinski definition) is 1. The number of carbonyl (C=O) groups is 1. The van der Waals surface area contributed by atoms with E-state index in [2.05, 4.69) is 0 Å². The largest absolute Gasteiger partial charge is 0.480 e. The smallest absolute Gasteiger partial charge is 0.317 e. The molecule has 1 aliphatic carbocycles. The second-order valence-corrected chi connectivity index (χ2v) is 5.15. The van der Waals surface area contributed by atoms with Crippen LogP contribution in [0.15, 0.2) is 30.3 Å². The average Bonchev–Trinajstić information content (AvgIpc) is 3.20. The van der Waals surface area contributed by atoms with Crippen LogP contribution in [0, 0.1) is 5.92 Å². The number of carboxylic acid groups (broad SMARTS) is 1. The highest BCUT2D eigenvalue weighted by Gasteiger charge is 2.30. The molecule has 0 heterocycles. The Morgan fingerprint density at radius 1 is 1.42 bits per heavy atom. The van der Waals surface area contributed by atoms with Crippen molar-refractivity contribution in [3.63, 3.8) is 0 Å². The zero-order chi connectivity index (χ0) is 13.7. The fourth-order valence-electron chi connectivity index (χ4n) is 2.35. The van der Waals surface area contributed by atoms with Crippen molar-refractivity contribution < 1.29 is 14.6 Å². The molecular formula is C15H21NO3. The van der Waals surface area contributed by atoms with Gasteiger partial charge in [0.1, 0.15) is 0 Å². The van der Waals surface area contributed by atoms with Crippen molar-refractivity contribution in [2.75, 3.05) is 26.8 Å². The predicted molar refractivity (Wildman–Crippen MR) is 73.0 cm³/mol. The SMILES string of the molecule is COCC(c1ccccc1)N(CC(=O)O)CC1CC1. The molecule has 1 atom stereocenters. The maximum absolute atomic E-state index is 11.1. The molecule has 2 rings (SSSR count). The lowest BCUT2D eigenvalue weighted by atomic mass is 10.1. The van der Waals surface area contributed by atoms with Gasteiger partial charge in [0, 0.05) is 13.7 Å². The van der Waals surface area contributed by atoms with Crippen molar-refractivity contribution in [3.8, 4) is 0 Å². The van der Waals surface area contributed by atoms with Gasteiger partial charge in [-0.2, -0.15) is 0 Å². The number of aliphatic carboxylic acids is 1. The van der Waals surface area contributed by atoms with Gasteiger partial charge in [-0.15, -0.1) is 0 Å². The minimum atomic E-state index is -0.780. The fraction of sp³-hybridized carbons (Fsp3) is 0.533. The summed E-state index contributed by atoms with van der Waals surface area (Å²) in [4.78, 5) is 13.1. The van der Waals surface area contributed by atoms with E-state index >= 15 is 0 Å². The number of hydrogen-bond acceptors (Lipinski definition) is 3. The van der Waals surface area contributed by atoms with Crippen LogP contribution >= 0.6 is 0 Å². The predicted octanol–water partition coefficient (Wildman–Crippen LogP) is 2.17. The first-order valence-electron chi connectivity index (χ1n) is 6.70. The minimum Gasteiger partial charge on any atom is -0.480 e. The van der Waals surface area contributed by atoms with E-state index in [0.717, 1.165) is 12.1 Å². The van der Waals surface area contributed by atoms with E-state index in [9.17, 15) is 4.79 Å². The third-order valence-electron chi connectivity index (χ3n) is 3.48. The third-order valence-corrected chi connectivity index (χ3v) is 3.48. The average molecular weight is 263 g/mol. The summed E-state index contributed by atoms with van der Waals surface area (Å²) in [5.74, 6) is -0.125. The third kappa shape index (κ3) is 4.33. The van der Waals surface area contributed by atoms with E-state index in [1.54, 1.807) is 7.11 Å². The quantitative estimate of drug-likeness (QED) is 0.781. The topological polar surface area (TPSA) is 49.8 Å². The Bertz CT molecular complexity index is 403. The van der Waals surface area contributed by atoms with Gasteiger partial charge in [0.25, 0.3) is 0 Å². The van der Waals surface area contributed by atoms with Gasteiger partial charge in [-0.25, -0.2) is 0 Å². The molecule has 1 fully saturated rings. The summed E-state index contributed by atoms with van der Waals surface area (Å²) < 4.78 is 5.29. The van der Waals surface area contributed by atoms with Crippen LogP contribution < -0.4 is 0 Å². The molecule has 4 nitrogen and oxygen atoms in total. The molecule has 0 bridgehead atoms. The summed E-state index contributed by atoms with van der Waals surface area (Å²) >= 11 is 0. The van der Waals surface area contributed by atoms with Crippen LogP contribution in [0.4, 0.5) is 0 Å². The highest BCUT2D eigenvalue weighted by molar-refractivity contribution is 5.69. The van der Waals surface area contributed by atoms with E-state index in [1.807, 2.05) is 35.2 Å². The number of ether oxygens (including phenoxy) is 1. The molecule has 19 heavy (non-hydrogen) atoms. The van der Waals surface area contributed by atoms with Crippen LogP contribution in [0.5, 0.6) is 0 Å². The van der Waals surface area contributed by atoms with Crippen molar-refractivity contribution >= 4 is 5.97 Å². The number of nitrogens with zero attached hydrogens (tertiary/aromatic N) is 1. The molecule has 0 aliphatic heterocycles. The Morgan fingerprint density at radius 2 is 2.11 bits per heavy atom. The van der Waals surface area contributed by atoms with E-state index in [0.29, 0.717) is 12.5 Å². The molecule has 1 N–H and O–H groups in total. The molecule has 1 aliphatic rings. The van der Waals surface area contributed by atoms with E-state index in [4.69, 9.17) is 9.84 Å². The van der Waals surface area contributed by atoms with Crippen LogP contribution in [0.1, 0.15) is 24.4 Å². The molecule has 1 saturated carbocycles. The molecule has 104 valence electrons. The number of carboxylic acids is 1. The van der Waals surface area contributed by atoms with Gasteiger partial charge in [-0.05, 0) is 24.3 Å². The molecule has 1 aromatic carbocycles. The Hall–Kier alpha value is -1.39. The van der Waals surface area contributed by atoms with Gasteiger partial charge in [-0.1, -0.05) is 30.3 Å². The van der Waals surface area contributed by atoms with Crippen molar-refractivity contribution in [1.29, 1.82) is 0 Å². The second-order valence-electron chi connectivity index (χ2n) is 5.15. The molecule has 0 amide bonds. The molecule has 0 aromatic heterocycles. The molecule has 4 heteroatoms. The van der Waals surface area contributed by atoms with Gasteiger partial charge in [0.2, 0.25) is 0 Å². The molecule has 0 spiro atoms. The first kappa shape index (κ1) is 14.0. The van der Waals surface area contributed by atoms with Crippen LogP contribution in [0.3, 0.4) is 0 Å². The van der Waals surface area contributed by atoms with E-state index in [-0.39, 0.29) is 12.6 Å². The molecular weight excluding hydrogens is 242 g/mol. The monoisotopic (exact) mass is 263 g/mol. The normalized spacial score (nSPS) is 16.5. The van der Waals surface area contributed by atoms with Gasteiger partial charge >= 0.3 is 5.97 Å². The van der Waals surface area contributed by atoms with Crippen LogP contribution in [-0.4, -0.2) is 42.8 Å². The van der Waals surface area contributed by atoms with Crippen molar-refractivity contribution in [1.82, 2.24) is 4.90 Å². The highest BCUT2D eigenvalue weighted by atomic mass is 16.5. The Labute approximate surface area is 114 Å². The summed E-state index contributed by atoms with van der Waals surface area (Å²) in [6.07, 6.45) is 2.43. The highest BCUT2D eigenvalue weighted by Crippen LogP contribution is 2.32. The summed E-state index contributed by atoms with van der Waals surface area (Å²) in [7, 11) is 1.66. The van der Waals surface area contributed by atoms with Crippen molar-refractivity contribution in [2.24, 2.45) is 5.92 Å². The van der Waals surface area contributed by atoms with Crippen molar-refractivity contribution in [2.45, 2.75) is 18.9 Å². The maximum Gasteiger partial charge on any atom is 0.317 e. The summed E-state index contributed by atoms with van der Waals surface area (Å²) in [6, 6.07) is 10.0. The lowest BCUT2D eigenvalue weighted by molar-refractivity contribution is -0.139. The zero-order valence-electron chi connectivity index (χ0n) is 11.3. The van der Waals surface area contributed by atoms with Crippen LogP contribution in [0.25, 0.3) is 0 Å². The Kier molecular flexibility index (Phi) is 4.93. The fourth-order valence-corrected chi connectivity index (χ4v) is 2.35. The first-order valence-corrected chi connectivity index (χ1v) is 6.70. The summed E-state index contributed by atoms with van der Waals surface area (Å²) in [6.45, 7) is 1.43. The van der Waals surface area contributed by atoms with Crippen LogP contribution in [0.2, 0.25) is 0 Å². The lowest BCUT2D eigenvalue weighted by Crippen LogP contribution is -2.37. The second kappa shape index (κ2) is 6.68. The minimum absolute atomic E-state index is 0.0166. The van der Waals surface area contributed by atoms with Gasteiger partial charge in [0.05, 0.1) is 19.2 Å². The summed E-state index contributed by atoms with van der Waals surface area (Å²) in [5.41, 5.74) is 1.12. The summed E-state index contributed by atoms with van der Waals surface area (Å²) in [5, 5.41) is 9.10. The van der Waals surface area contributed by atoms with Gasteiger partial charge in [0.15, 0.2) is 0 Å². The standard InChI is InChI=1S/C15H21NO3/c1-19-11-14(13-5-3-2-4-6-13)16(10-15(17)18)9-12-7-8-12/h2-6,12,14H,7-11H2,1H3,(H,17,18). The van der Waals surface area contributed by atoms with Gasteiger partial charge in [-0.3, -0.25) is 9.69 Å². The Balaban J connectivity index is 2.14.